The van der Waals surface area contributed by atoms with Gasteiger partial charge in [0, 0.05) is 0 Å². The van der Waals surface area contributed by atoms with Crippen molar-refractivity contribution in [1.82, 2.24) is 0 Å². The molecule has 90 valence electrons. The largest absolute Gasteiger partial charge is 0.392 e. The van der Waals surface area contributed by atoms with E-state index in [1.165, 1.54) is 0 Å². The Morgan fingerprint density at radius 1 is 1.20 bits per heavy atom. The van der Waals surface area contributed by atoms with Crippen LogP contribution in [-0.4, -0.2) is 17.4 Å². The van der Waals surface area contributed by atoms with Gasteiger partial charge in [0.2, 0.25) is 0 Å². The SMILES string of the molecule is CC1CCC(C(O)CC(F)(F)F)CC1C. The third kappa shape index (κ3) is 4.01. The third-order valence-corrected chi connectivity index (χ3v) is 3.62. The second-order valence-corrected chi connectivity index (χ2v) is 4.91. The van der Waals surface area contributed by atoms with Crippen molar-refractivity contribution in [2.45, 2.75) is 51.8 Å². The minimum absolute atomic E-state index is 0.169. The van der Waals surface area contributed by atoms with Gasteiger partial charge in [0.15, 0.2) is 0 Å². The van der Waals surface area contributed by atoms with E-state index in [0.29, 0.717) is 11.8 Å². The zero-order valence-electron chi connectivity index (χ0n) is 9.22. The van der Waals surface area contributed by atoms with Crippen LogP contribution in [0.4, 0.5) is 13.2 Å². The molecule has 4 unspecified atom stereocenters. The molecule has 1 rings (SSSR count). The first-order valence-electron chi connectivity index (χ1n) is 5.54. The molecule has 1 N–H and O–H groups in total. The number of hydrogen-bond acceptors (Lipinski definition) is 1. The smallest absolute Gasteiger partial charge is 0.391 e. The summed E-state index contributed by atoms with van der Waals surface area (Å²) in [6.07, 6.45) is -4.13. The molecule has 0 aromatic rings. The molecule has 1 aliphatic rings. The molecule has 1 fully saturated rings. The summed E-state index contributed by atoms with van der Waals surface area (Å²) in [5, 5.41) is 9.49. The van der Waals surface area contributed by atoms with Crippen LogP contribution < -0.4 is 0 Å². The highest BCUT2D eigenvalue weighted by Crippen LogP contribution is 2.37. The standard InChI is InChI=1S/C11H19F3O/c1-7-3-4-9(5-8(7)2)10(15)6-11(12,13)14/h7-10,15H,3-6H2,1-2H3. The monoisotopic (exact) mass is 224 g/mol. The van der Waals surface area contributed by atoms with Gasteiger partial charge in [-0.1, -0.05) is 20.3 Å². The van der Waals surface area contributed by atoms with Crippen molar-refractivity contribution >= 4 is 0 Å². The van der Waals surface area contributed by atoms with Gasteiger partial charge in [-0.05, 0) is 30.6 Å². The summed E-state index contributed by atoms with van der Waals surface area (Å²) >= 11 is 0. The van der Waals surface area contributed by atoms with Gasteiger partial charge in [-0.2, -0.15) is 13.2 Å². The molecule has 0 spiro atoms. The van der Waals surface area contributed by atoms with E-state index in [1.807, 2.05) is 0 Å². The van der Waals surface area contributed by atoms with Crippen LogP contribution >= 0.6 is 0 Å². The van der Waals surface area contributed by atoms with E-state index in [2.05, 4.69) is 13.8 Å². The molecule has 0 bridgehead atoms. The number of alkyl halides is 3. The predicted molar refractivity (Wildman–Crippen MR) is 52.3 cm³/mol. The van der Waals surface area contributed by atoms with Crippen LogP contribution in [0.3, 0.4) is 0 Å². The Morgan fingerprint density at radius 2 is 1.80 bits per heavy atom. The maximum absolute atomic E-state index is 12.1. The molecule has 1 aliphatic carbocycles. The van der Waals surface area contributed by atoms with Gasteiger partial charge in [0.05, 0.1) is 12.5 Å². The number of aliphatic hydroxyl groups is 1. The Bertz CT molecular complexity index is 202. The van der Waals surface area contributed by atoms with Gasteiger partial charge in [0.1, 0.15) is 0 Å². The maximum atomic E-state index is 12.1. The minimum atomic E-state index is -4.24. The number of rotatable bonds is 2. The average molecular weight is 224 g/mol. The molecule has 1 nitrogen and oxygen atoms in total. The molecule has 4 heteroatoms. The highest BCUT2D eigenvalue weighted by Gasteiger charge is 2.37. The van der Waals surface area contributed by atoms with Crippen molar-refractivity contribution in [3.8, 4) is 0 Å². The lowest BCUT2D eigenvalue weighted by Gasteiger charge is -2.34. The van der Waals surface area contributed by atoms with Gasteiger partial charge in [-0.15, -0.1) is 0 Å². The van der Waals surface area contributed by atoms with Crippen LogP contribution in [0, 0.1) is 17.8 Å². The fraction of sp³-hybridized carbons (Fsp3) is 1.00. The van der Waals surface area contributed by atoms with E-state index >= 15 is 0 Å². The van der Waals surface area contributed by atoms with Crippen LogP contribution in [0.1, 0.15) is 39.5 Å². The van der Waals surface area contributed by atoms with Gasteiger partial charge in [-0.3, -0.25) is 0 Å². The molecule has 0 saturated heterocycles. The van der Waals surface area contributed by atoms with Crippen molar-refractivity contribution in [2.75, 3.05) is 0 Å². The molecule has 0 aliphatic heterocycles. The van der Waals surface area contributed by atoms with Crippen molar-refractivity contribution in [3.63, 3.8) is 0 Å². The van der Waals surface area contributed by atoms with Gasteiger partial charge in [-0.25, -0.2) is 0 Å². The minimum Gasteiger partial charge on any atom is -0.392 e. The Morgan fingerprint density at radius 3 is 2.27 bits per heavy atom. The summed E-state index contributed by atoms with van der Waals surface area (Å²) < 4.78 is 36.2. The first kappa shape index (κ1) is 12.8. The summed E-state index contributed by atoms with van der Waals surface area (Å²) in [6, 6.07) is 0. The van der Waals surface area contributed by atoms with Crippen LogP contribution in [0.15, 0.2) is 0 Å². The lowest BCUT2D eigenvalue weighted by Crippen LogP contribution is -2.32. The van der Waals surface area contributed by atoms with Gasteiger partial charge >= 0.3 is 6.18 Å². The Balaban J connectivity index is 2.44. The molecule has 0 amide bonds. The molecule has 0 radical (unpaired) electrons. The van der Waals surface area contributed by atoms with Crippen molar-refractivity contribution in [3.05, 3.63) is 0 Å². The lowest BCUT2D eigenvalue weighted by atomic mass is 9.73. The third-order valence-electron chi connectivity index (χ3n) is 3.62. The van der Waals surface area contributed by atoms with Crippen molar-refractivity contribution in [1.29, 1.82) is 0 Å². The Kier molecular flexibility index (Phi) is 4.04. The van der Waals surface area contributed by atoms with E-state index in [1.54, 1.807) is 0 Å². The average Bonchev–Trinajstić information content (AvgIpc) is 2.06. The van der Waals surface area contributed by atoms with Crippen LogP contribution in [0.2, 0.25) is 0 Å². The quantitative estimate of drug-likeness (QED) is 0.762. The highest BCUT2D eigenvalue weighted by atomic mass is 19.4. The topological polar surface area (TPSA) is 20.2 Å². The van der Waals surface area contributed by atoms with E-state index in [9.17, 15) is 18.3 Å². The molecule has 0 heterocycles. The van der Waals surface area contributed by atoms with E-state index in [4.69, 9.17) is 0 Å². The molecule has 1 saturated carbocycles. The van der Waals surface area contributed by atoms with Gasteiger partial charge in [0.25, 0.3) is 0 Å². The summed E-state index contributed by atoms with van der Waals surface area (Å²) in [4.78, 5) is 0. The van der Waals surface area contributed by atoms with Gasteiger partial charge < -0.3 is 5.11 Å². The molecule has 0 aromatic heterocycles. The number of halogens is 3. The number of aliphatic hydroxyl groups excluding tert-OH is 1. The predicted octanol–water partition coefficient (Wildman–Crippen LogP) is 3.37. The zero-order chi connectivity index (χ0) is 11.6. The summed E-state index contributed by atoms with van der Waals surface area (Å²) in [5.74, 6) is 0.823. The fourth-order valence-electron chi connectivity index (χ4n) is 2.34. The Labute approximate surface area is 88.7 Å². The molecular formula is C11H19F3O. The van der Waals surface area contributed by atoms with E-state index < -0.39 is 18.7 Å². The molecular weight excluding hydrogens is 205 g/mol. The summed E-state index contributed by atoms with van der Waals surface area (Å²) in [6.45, 7) is 4.17. The van der Waals surface area contributed by atoms with Crippen molar-refractivity contribution in [2.24, 2.45) is 17.8 Å². The van der Waals surface area contributed by atoms with E-state index in [-0.39, 0.29) is 5.92 Å². The van der Waals surface area contributed by atoms with Crippen LogP contribution in [-0.2, 0) is 0 Å². The normalized spacial score (nSPS) is 35.2. The second-order valence-electron chi connectivity index (χ2n) is 4.91. The van der Waals surface area contributed by atoms with Crippen LogP contribution in [0.5, 0.6) is 0 Å². The molecule has 4 atom stereocenters. The summed E-state index contributed by atoms with van der Waals surface area (Å²) in [5.41, 5.74) is 0. The maximum Gasteiger partial charge on any atom is 0.391 e. The lowest BCUT2D eigenvalue weighted by molar-refractivity contribution is -0.161. The highest BCUT2D eigenvalue weighted by molar-refractivity contribution is 4.80. The Hall–Kier alpha value is -0.250. The van der Waals surface area contributed by atoms with E-state index in [0.717, 1.165) is 19.3 Å². The van der Waals surface area contributed by atoms with Crippen molar-refractivity contribution < 1.29 is 18.3 Å². The first-order valence-corrected chi connectivity index (χ1v) is 5.54. The zero-order valence-corrected chi connectivity index (χ0v) is 9.22. The molecule has 15 heavy (non-hydrogen) atoms. The fourth-order valence-corrected chi connectivity index (χ4v) is 2.34. The number of hydrogen-bond donors (Lipinski definition) is 1. The second kappa shape index (κ2) is 4.73. The van der Waals surface area contributed by atoms with Crippen LogP contribution in [0.25, 0.3) is 0 Å². The first-order chi connectivity index (χ1) is 6.79. The molecule has 0 aromatic carbocycles. The summed E-state index contributed by atoms with van der Waals surface area (Å²) in [7, 11) is 0.